The van der Waals surface area contributed by atoms with Crippen LogP contribution in [-0.2, 0) is 6.54 Å². The maximum atomic E-state index is 11.4. The lowest BCUT2D eigenvalue weighted by Crippen LogP contribution is -2.46. The van der Waals surface area contributed by atoms with Gasteiger partial charge in [0.05, 0.1) is 15.9 Å². The third-order valence-electron chi connectivity index (χ3n) is 5.35. The molecule has 0 bridgehead atoms. The summed E-state index contributed by atoms with van der Waals surface area (Å²) in [6, 6.07) is 18.4. The molecule has 0 N–H and O–H groups in total. The monoisotopic (exact) mass is 392 g/mol. The molecule has 1 heterocycles. The summed E-state index contributed by atoms with van der Waals surface area (Å²) in [6.07, 6.45) is 0. The lowest BCUT2D eigenvalue weighted by Gasteiger charge is -2.36. The van der Waals surface area contributed by atoms with Crippen LogP contribution in [0.2, 0.25) is 0 Å². The molecule has 1 fully saturated rings. The number of piperazine rings is 1. The number of nitro benzene ring substituents is 2. The van der Waals surface area contributed by atoms with Crippen LogP contribution in [0.5, 0.6) is 0 Å². The molecular weight excluding hydrogens is 372 g/mol. The van der Waals surface area contributed by atoms with Crippen LogP contribution in [0.1, 0.15) is 5.56 Å². The van der Waals surface area contributed by atoms with E-state index in [1.807, 2.05) is 17.0 Å². The van der Waals surface area contributed by atoms with Crippen LogP contribution in [0, 0.1) is 20.2 Å². The fraction of sp³-hybridized carbons (Fsp3) is 0.238. The molecule has 0 saturated carbocycles. The van der Waals surface area contributed by atoms with Crippen LogP contribution in [0.3, 0.4) is 0 Å². The zero-order chi connectivity index (χ0) is 20.4. The van der Waals surface area contributed by atoms with Gasteiger partial charge in [-0.15, -0.1) is 0 Å². The zero-order valence-electron chi connectivity index (χ0n) is 15.7. The van der Waals surface area contributed by atoms with Gasteiger partial charge < -0.3 is 4.90 Å². The molecule has 4 rings (SSSR count). The Bertz CT molecular complexity index is 1070. The van der Waals surface area contributed by atoms with Crippen molar-refractivity contribution in [3.63, 3.8) is 0 Å². The van der Waals surface area contributed by atoms with Gasteiger partial charge in [-0.05, 0) is 22.4 Å². The summed E-state index contributed by atoms with van der Waals surface area (Å²) in [6.45, 7) is 3.60. The molecule has 0 atom stereocenters. The fourth-order valence-electron chi connectivity index (χ4n) is 3.86. The van der Waals surface area contributed by atoms with Gasteiger partial charge in [0.2, 0.25) is 0 Å². The number of hydrogen-bond donors (Lipinski definition) is 0. The van der Waals surface area contributed by atoms with Gasteiger partial charge in [-0.2, -0.15) is 0 Å². The van der Waals surface area contributed by atoms with E-state index in [0.717, 1.165) is 25.7 Å². The molecule has 8 heteroatoms. The van der Waals surface area contributed by atoms with Crippen LogP contribution >= 0.6 is 0 Å². The molecule has 0 amide bonds. The summed E-state index contributed by atoms with van der Waals surface area (Å²) >= 11 is 0. The van der Waals surface area contributed by atoms with Crippen molar-refractivity contribution in [1.82, 2.24) is 4.90 Å². The van der Waals surface area contributed by atoms with E-state index in [1.54, 1.807) is 0 Å². The van der Waals surface area contributed by atoms with Crippen LogP contribution < -0.4 is 4.90 Å². The average molecular weight is 392 g/mol. The first kappa shape index (κ1) is 18.8. The predicted molar refractivity (Wildman–Crippen MR) is 111 cm³/mol. The fourth-order valence-corrected chi connectivity index (χ4v) is 3.86. The SMILES string of the molecule is O=[N+]([O-])c1ccc(N2CCN(Cc3cccc4ccccc34)CC2)c([N+](=O)[O-])c1. The van der Waals surface area contributed by atoms with Crippen molar-refractivity contribution in [2.75, 3.05) is 31.1 Å². The van der Waals surface area contributed by atoms with Crippen LogP contribution in [0.15, 0.2) is 60.7 Å². The highest BCUT2D eigenvalue weighted by Gasteiger charge is 2.26. The Morgan fingerprint density at radius 2 is 1.55 bits per heavy atom. The second-order valence-electron chi connectivity index (χ2n) is 7.09. The van der Waals surface area contributed by atoms with Crippen molar-refractivity contribution in [1.29, 1.82) is 0 Å². The minimum atomic E-state index is -0.612. The molecule has 3 aromatic rings. The minimum Gasteiger partial charge on any atom is -0.363 e. The Morgan fingerprint density at radius 1 is 0.828 bits per heavy atom. The zero-order valence-corrected chi connectivity index (χ0v) is 15.7. The van der Waals surface area contributed by atoms with E-state index in [2.05, 4.69) is 35.2 Å². The van der Waals surface area contributed by atoms with Crippen molar-refractivity contribution in [3.8, 4) is 0 Å². The molecule has 1 saturated heterocycles. The Kier molecular flexibility index (Phi) is 5.09. The quantitative estimate of drug-likeness (QED) is 0.482. The summed E-state index contributed by atoms with van der Waals surface area (Å²) in [4.78, 5) is 25.4. The molecule has 0 spiro atoms. The van der Waals surface area contributed by atoms with E-state index in [1.165, 1.54) is 28.5 Å². The standard InChI is InChI=1S/C21H20N4O4/c26-24(27)18-8-9-20(21(14-18)25(28)29)23-12-10-22(11-13-23)15-17-6-3-5-16-4-1-2-7-19(16)17/h1-9,14H,10-13,15H2. The first-order chi connectivity index (χ1) is 14.0. The first-order valence-corrected chi connectivity index (χ1v) is 9.40. The van der Waals surface area contributed by atoms with Gasteiger partial charge in [-0.1, -0.05) is 42.5 Å². The van der Waals surface area contributed by atoms with Gasteiger partial charge >= 0.3 is 0 Å². The maximum Gasteiger partial charge on any atom is 0.299 e. The maximum absolute atomic E-state index is 11.4. The van der Waals surface area contributed by atoms with Crippen molar-refractivity contribution in [2.24, 2.45) is 0 Å². The molecular formula is C21H20N4O4. The number of benzene rings is 3. The summed E-state index contributed by atoms with van der Waals surface area (Å²) in [5, 5.41) is 24.8. The number of non-ortho nitro benzene ring substituents is 1. The molecule has 1 aliphatic heterocycles. The van der Waals surface area contributed by atoms with Gasteiger partial charge in [0.15, 0.2) is 0 Å². The second-order valence-corrected chi connectivity index (χ2v) is 7.09. The highest BCUT2D eigenvalue weighted by Crippen LogP contribution is 2.32. The Morgan fingerprint density at radius 3 is 2.28 bits per heavy atom. The Labute approximate surface area is 167 Å². The van der Waals surface area contributed by atoms with Gasteiger partial charge in [-0.3, -0.25) is 25.1 Å². The van der Waals surface area contributed by atoms with Gasteiger partial charge in [-0.25, -0.2) is 0 Å². The smallest absolute Gasteiger partial charge is 0.299 e. The van der Waals surface area contributed by atoms with Crippen LogP contribution in [-0.4, -0.2) is 40.9 Å². The molecule has 0 aliphatic carbocycles. The van der Waals surface area contributed by atoms with Crippen molar-refractivity contribution < 1.29 is 9.85 Å². The number of fused-ring (bicyclic) bond motifs is 1. The van der Waals surface area contributed by atoms with Crippen molar-refractivity contribution in [2.45, 2.75) is 6.54 Å². The van der Waals surface area contributed by atoms with E-state index in [9.17, 15) is 20.2 Å². The predicted octanol–water partition coefficient (Wildman–Crippen LogP) is 3.98. The van der Waals surface area contributed by atoms with Crippen LogP contribution in [0.25, 0.3) is 10.8 Å². The average Bonchev–Trinajstić information content (AvgIpc) is 2.74. The van der Waals surface area contributed by atoms with E-state index >= 15 is 0 Å². The molecule has 0 radical (unpaired) electrons. The number of anilines is 1. The third-order valence-corrected chi connectivity index (χ3v) is 5.35. The third kappa shape index (κ3) is 3.88. The van der Waals surface area contributed by atoms with Crippen molar-refractivity contribution >= 4 is 27.8 Å². The lowest BCUT2D eigenvalue weighted by atomic mass is 10.0. The number of hydrogen-bond acceptors (Lipinski definition) is 6. The van der Waals surface area contributed by atoms with Gasteiger partial charge in [0.1, 0.15) is 5.69 Å². The summed E-state index contributed by atoms with van der Waals surface area (Å²) in [7, 11) is 0. The van der Waals surface area contributed by atoms with Gasteiger partial charge in [0, 0.05) is 38.8 Å². The summed E-state index contributed by atoms with van der Waals surface area (Å²) < 4.78 is 0. The van der Waals surface area contributed by atoms with Crippen molar-refractivity contribution in [3.05, 3.63) is 86.5 Å². The Balaban J connectivity index is 1.48. The molecule has 29 heavy (non-hydrogen) atoms. The Hall–Kier alpha value is -3.52. The molecule has 0 aromatic heterocycles. The minimum absolute atomic E-state index is 0.221. The number of rotatable bonds is 5. The summed E-state index contributed by atoms with van der Waals surface area (Å²) in [5.74, 6) is 0. The molecule has 1 aliphatic rings. The van der Waals surface area contributed by atoms with Crippen LogP contribution in [0.4, 0.5) is 17.1 Å². The topological polar surface area (TPSA) is 92.8 Å². The molecule has 3 aromatic carbocycles. The largest absolute Gasteiger partial charge is 0.363 e. The van der Waals surface area contributed by atoms with E-state index in [-0.39, 0.29) is 11.4 Å². The number of nitrogens with zero attached hydrogens (tertiary/aromatic N) is 4. The highest BCUT2D eigenvalue weighted by atomic mass is 16.6. The molecule has 148 valence electrons. The normalized spacial score (nSPS) is 14.8. The van der Waals surface area contributed by atoms with E-state index in [0.29, 0.717) is 18.8 Å². The molecule has 8 nitrogen and oxygen atoms in total. The second kappa shape index (κ2) is 7.84. The van der Waals surface area contributed by atoms with Gasteiger partial charge in [0.25, 0.3) is 11.4 Å². The van der Waals surface area contributed by atoms with E-state index < -0.39 is 9.85 Å². The lowest BCUT2D eigenvalue weighted by molar-refractivity contribution is -0.393. The van der Waals surface area contributed by atoms with E-state index in [4.69, 9.17) is 0 Å². The molecule has 0 unspecified atom stereocenters. The first-order valence-electron chi connectivity index (χ1n) is 9.40. The number of nitro groups is 2. The summed E-state index contributed by atoms with van der Waals surface area (Å²) in [5.41, 5.74) is 1.21. The highest BCUT2D eigenvalue weighted by molar-refractivity contribution is 5.85.